The lowest BCUT2D eigenvalue weighted by atomic mass is 10.0. The Kier molecular flexibility index (Phi) is 15.0. The second kappa shape index (κ2) is 17.0. The maximum Gasteiger partial charge on any atom is 0.168 e. The van der Waals surface area contributed by atoms with Crippen LogP contribution in [0, 0.1) is 0 Å². The third-order valence-electron chi connectivity index (χ3n) is 5.05. The summed E-state index contributed by atoms with van der Waals surface area (Å²) in [7, 11) is 0. The van der Waals surface area contributed by atoms with Gasteiger partial charge in [0.05, 0.1) is 0 Å². The van der Waals surface area contributed by atoms with Crippen molar-refractivity contribution in [2.75, 3.05) is 0 Å². The quantitative estimate of drug-likeness (QED) is 0.209. The second-order valence-electron chi connectivity index (χ2n) is 7.42. The molecule has 1 heteroatoms. The predicted molar refractivity (Wildman–Crippen MR) is 106 cm³/mol. The minimum atomic E-state index is 1.18. The number of rotatable bonds is 17. The lowest BCUT2D eigenvalue weighted by Gasteiger charge is -2.03. The molecule has 0 saturated heterocycles. The van der Waals surface area contributed by atoms with Gasteiger partial charge in [-0.25, -0.2) is 4.57 Å². The summed E-state index contributed by atoms with van der Waals surface area (Å²) in [5, 5.41) is 0. The first kappa shape index (κ1) is 21.2. The van der Waals surface area contributed by atoms with Crippen LogP contribution in [0.5, 0.6) is 0 Å². The van der Waals surface area contributed by atoms with Gasteiger partial charge in [0.25, 0.3) is 0 Å². The van der Waals surface area contributed by atoms with Crippen LogP contribution in [0.25, 0.3) is 0 Å². The SMILES string of the molecule is CCCCCCCCCCCCCCCCCC[n+]1ccccc1. The van der Waals surface area contributed by atoms with Gasteiger partial charge in [0.2, 0.25) is 0 Å². The smallest absolute Gasteiger partial charge is 0.168 e. The highest BCUT2D eigenvalue weighted by molar-refractivity contribution is 4.83. The summed E-state index contributed by atoms with van der Waals surface area (Å²) in [6.45, 7) is 3.48. The molecule has 1 nitrogen and oxygen atoms in total. The fourth-order valence-corrected chi connectivity index (χ4v) is 3.43. The first-order valence-electron chi connectivity index (χ1n) is 10.9. The molecule has 1 aromatic heterocycles. The van der Waals surface area contributed by atoms with Gasteiger partial charge in [-0.1, -0.05) is 103 Å². The number of unbranched alkanes of at least 4 members (excludes halogenated alkanes) is 15. The molecule has 1 aromatic rings. The van der Waals surface area contributed by atoms with Crippen LogP contribution in [0.2, 0.25) is 0 Å². The van der Waals surface area contributed by atoms with Gasteiger partial charge in [0.1, 0.15) is 6.54 Å². The van der Waals surface area contributed by atoms with Crippen LogP contribution in [-0.2, 0) is 6.54 Å². The van der Waals surface area contributed by atoms with Crippen molar-refractivity contribution in [1.82, 2.24) is 0 Å². The van der Waals surface area contributed by atoms with Crippen molar-refractivity contribution in [3.8, 4) is 0 Å². The summed E-state index contributed by atoms with van der Waals surface area (Å²) in [5.41, 5.74) is 0. The molecule has 0 aliphatic heterocycles. The first-order chi connectivity index (χ1) is 11.9. The zero-order valence-corrected chi connectivity index (χ0v) is 16.4. The maximum absolute atomic E-state index is 2.30. The number of pyridine rings is 1. The molecule has 0 atom stereocenters. The predicted octanol–water partition coefficient (Wildman–Crippen LogP) is 7.24. The monoisotopic (exact) mass is 332 g/mol. The molecule has 0 amide bonds. The van der Waals surface area contributed by atoms with E-state index in [1.54, 1.807) is 0 Å². The van der Waals surface area contributed by atoms with Crippen molar-refractivity contribution in [3.05, 3.63) is 30.6 Å². The van der Waals surface area contributed by atoms with Gasteiger partial charge in [-0.3, -0.25) is 0 Å². The molecule has 0 spiro atoms. The highest BCUT2D eigenvalue weighted by Crippen LogP contribution is 2.13. The highest BCUT2D eigenvalue weighted by atomic mass is 14.9. The highest BCUT2D eigenvalue weighted by Gasteiger charge is 1.98. The minimum Gasteiger partial charge on any atom is -0.205 e. The Morgan fingerprint density at radius 2 is 0.833 bits per heavy atom. The molecule has 0 aromatic carbocycles. The summed E-state index contributed by atoms with van der Waals surface area (Å²) in [5.74, 6) is 0. The molecule has 0 saturated carbocycles. The summed E-state index contributed by atoms with van der Waals surface area (Å²) in [6.07, 6.45) is 27.4. The van der Waals surface area contributed by atoms with Crippen LogP contribution in [-0.4, -0.2) is 0 Å². The second-order valence-corrected chi connectivity index (χ2v) is 7.42. The molecular weight excluding hydrogens is 290 g/mol. The van der Waals surface area contributed by atoms with E-state index in [2.05, 4.69) is 42.1 Å². The molecule has 24 heavy (non-hydrogen) atoms. The summed E-state index contributed by atoms with van der Waals surface area (Å²) in [4.78, 5) is 0. The van der Waals surface area contributed by atoms with Gasteiger partial charge in [-0.2, -0.15) is 0 Å². The van der Waals surface area contributed by atoms with E-state index in [1.807, 2.05) is 0 Å². The third kappa shape index (κ3) is 13.6. The zero-order chi connectivity index (χ0) is 17.1. The van der Waals surface area contributed by atoms with Crippen molar-refractivity contribution in [2.45, 2.75) is 116 Å². The number of hydrogen-bond acceptors (Lipinski definition) is 0. The average molecular weight is 333 g/mol. The number of hydrogen-bond donors (Lipinski definition) is 0. The average Bonchev–Trinajstić information content (AvgIpc) is 2.62. The van der Waals surface area contributed by atoms with Crippen molar-refractivity contribution >= 4 is 0 Å². The summed E-state index contributed by atoms with van der Waals surface area (Å²) in [6, 6.07) is 6.32. The van der Waals surface area contributed by atoms with E-state index in [9.17, 15) is 0 Å². The molecule has 0 fully saturated rings. The summed E-state index contributed by atoms with van der Waals surface area (Å²) < 4.78 is 2.30. The molecule has 138 valence electrons. The van der Waals surface area contributed by atoms with E-state index < -0.39 is 0 Å². The van der Waals surface area contributed by atoms with E-state index >= 15 is 0 Å². The fraction of sp³-hybridized carbons (Fsp3) is 0.783. The van der Waals surface area contributed by atoms with E-state index in [1.165, 1.54) is 109 Å². The fourth-order valence-electron chi connectivity index (χ4n) is 3.43. The molecule has 0 aliphatic rings. The molecular formula is C23H42N+. The van der Waals surface area contributed by atoms with Crippen LogP contribution in [0.4, 0.5) is 0 Å². The Hall–Kier alpha value is -0.850. The molecule has 0 unspecified atom stereocenters. The van der Waals surface area contributed by atoms with Gasteiger partial charge in [0, 0.05) is 18.6 Å². The third-order valence-corrected chi connectivity index (χ3v) is 5.05. The lowest BCUT2D eigenvalue weighted by Crippen LogP contribution is -2.32. The van der Waals surface area contributed by atoms with Crippen molar-refractivity contribution in [1.29, 1.82) is 0 Å². The Balaban J connectivity index is 1.70. The molecule has 1 rings (SSSR count). The Morgan fingerprint density at radius 3 is 1.25 bits per heavy atom. The molecule has 1 heterocycles. The Labute approximate surface area is 151 Å². The molecule has 0 radical (unpaired) electrons. The van der Waals surface area contributed by atoms with E-state index in [0.29, 0.717) is 0 Å². The van der Waals surface area contributed by atoms with Crippen molar-refractivity contribution in [3.63, 3.8) is 0 Å². The van der Waals surface area contributed by atoms with Gasteiger partial charge in [-0.05, 0) is 6.42 Å². The van der Waals surface area contributed by atoms with E-state index in [0.717, 1.165) is 0 Å². The van der Waals surface area contributed by atoms with Crippen LogP contribution in [0.3, 0.4) is 0 Å². The van der Waals surface area contributed by atoms with Gasteiger partial charge in [-0.15, -0.1) is 0 Å². The standard InChI is InChI=1S/C23H42N/c1-2-3-4-5-6-7-8-9-10-11-12-13-14-15-16-18-21-24-22-19-17-20-23-24/h17,19-20,22-23H,2-16,18,21H2,1H3/q+1. The van der Waals surface area contributed by atoms with Crippen LogP contribution < -0.4 is 4.57 Å². The maximum atomic E-state index is 2.30. The Bertz CT molecular complexity index is 346. The largest absolute Gasteiger partial charge is 0.205 e. The van der Waals surface area contributed by atoms with Crippen LogP contribution in [0.15, 0.2) is 30.6 Å². The number of aromatic nitrogens is 1. The number of aryl methyl sites for hydroxylation is 1. The number of nitrogens with zero attached hydrogens (tertiary/aromatic N) is 1. The van der Waals surface area contributed by atoms with Crippen molar-refractivity contribution in [2.24, 2.45) is 0 Å². The first-order valence-corrected chi connectivity index (χ1v) is 10.9. The van der Waals surface area contributed by atoms with Crippen LogP contribution in [0.1, 0.15) is 110 Å². The minimum absolute atomic E-state index is 1.18. The van der Waals surface area contributed by atoms with Gasteiger partial charge >= 0.3 is 0 Å². The van der Waals surface area contributed by atoms with Gasteiger partial charge < -0.3 is 0 Å². The normalized spacial score (nSPS) is 11.0. The van der Waals surface area contributed by atoms with Gasteiger partial charge in [0.15, 0.2) is 12.4 Å². The van der Waals surface area contributed by atoms with E-state index in [-0.39, 0.29) is 0 Å². The van der Waals surface area contributed by atoms with Crippen molar-refractivity contribution < 1.29 is 4.57 Å². The lowest BCUT2D eigenvalue weighted by molar-refractivity contribution is -0.697. The Morgan fingerprint density at radius 1 is 0.458 bits per heavy atom. The molecule has 0 N–H and O–H groups in total. The zero-order valence-electron chi connectivity index (χ0n) is 16.4. The summed E-state index contributed by atoms with van der Waals surface area (Å²) >= 11 is 0. The molecule has 0 bridgehead atoms. The topological polar surface area (TPSA) is 3.88 Å². The van der Waals surface area contributed by atoms with E-state index in [4.69, 9.17) is 0 Å². The van der Waals surface area contributed by atoms with Crippen LogP contribution >= 0.6 is 0 Å². The molecule has 0 aliphatic carbocycles.